The van der Waals surface area contributed by atoms with Crippen LogP contribution in [0.25, 0.3) is 11.1 Å². The van der Waals surface area contributed by atoms with Gasteiger partial charge in [-0.1, -0.05) is 18.2 Å². The zero-order valence-corrected chi connectivity index (χ0v) is 14.8. The van der Waals surface area contributed by atoms with E-state index in [-0.39, 0.29) is 11.4 Å². The zero-order chi connectivity index (χ0) is 17.3. The first kappa shape index (κ1) is 16.9. The molecule has 0 bridgehead atoms. The second-order valence-electron chi connectivity index (χ2n) is 6.48. The van der Waals surface area contributed by atoms with E-state index >= 15 is 0 Å². The Morgan fingerprint density at radius 2 is 1.96 bits per heavy atom. The summed E-state index contributed by atoms with van der Waals surface area (Å²) in [5, 5.41) is 3.05. The van der Waals surface area contributed by atoms with Gasteiger partial charge in [-0.3, -0.25) is 4.79 Å². The molecule has 128 valence electrons. The standard InChI is InChI=1S/C18H22N2O3S/c1-13-9-15(11-20(2)18(13)21)16-5-3-4-6-17(16)24(22,23)12-19-10-14-7-8-14/h3-6,9,11,14,19H,7-8,10,12H2,1-2H3. The molecule has 3 rings (SSSR count). The molecule has 0 amide bonds. The normalized spacial score (nSPS) is 14.8. The SMILES string of the molecule is Cc1cc(-c2ccccc2S(=O)(=O)CNCC2CC2)cn(C)c1=O. The second kappa shape index (κ2) is 6.53. The Bertz CT molecular complexity index is 886. The highest BCUT2D eigenvalue weighted by Gasteiger charge is 2.23. The van der Waals surface area contributed by atoms with Crippen molar-refractivity contribution in [3.05, 3.63) is 52.4 Å². The highest BCUT2D eigenvalue weighted by molar-refractivity contribution is 7.91. The molecular formula is C18H22N2O3S. The van der Waals surface area contributed by atoms with Gasteiger partial charge >= 0.3 is 0 Å². The van der Waals surface area contributed by atoms with Crippen LogP contribution in [0.2, 0.25) is 0 Å². The van der Waals surface area contributed by atoms with Crippen LogP contribution in [-0.4, -0.2) is 25.4 Å². The number of hydrogen-bond acceptors (Lipinski definition) is 4. The number of rotatable bonds is 6. The average Bonchev–Trinajstić information content (AvgIpc) is 3.36. The highest BCUT2D eigenvalue weighted by atomic mass is 32.2. The van der Waals surface area contributed by atoms with Crippen LogP contribution in [-0.2, 0) is 16.9 Å². The van der Waals surface area contributed by atoms with E-state index in [9.17, 15) is 13.2 Å². The van der Waals surface area contributed by atoms with Crippen molar-refractivity contribution in [2.75, 3.05) is 12.4 Å². The van der Waals surface area contributed by atoms with E-state index in [2.05, 4.69) is 5.32 Å². The molecule has 0 atom stereocenters. The fraction of sp³-hybridized carbons (Fsp3) is 0.389. The molecular weight excluding hydrogens is 324 g/mol. The largest absolute Gasteiger partial charge is 0.318 e. The first-order valence-corrected chi connectivity index (χ1v) is 9.74. The van der Waals surface area contributed by atoms with Crippen molar-refractivity contribution in [1.82, 2.24) is 9.88 Å². The lowest BCUT2D eigenvalue weighted by atomic mass is 10.1. The molecule has 1 fully saturated rings. The molecule has 1 N–H and O–H groups in total. The molecule has 1 saturated carbocycles. The molecule has 5 nitrogen and oxygen atoms in total. The smallest absolute Gasteiger partial charge is 0.253 e. The van der Waals surface area contributed by atoms with E-state index in [0.29, 0.717) is 21.9 Å². The van der Waals surface area contributed by atoms with Gasteiger partial charge in [0.1, 0.15) is 5.88 Å². The minimum absolute atomic E-state index is 0.0642. The van der Waals surface area contributed by atoms with Gasteiger partial charge < -0.3 is 9.88 Å². The van der Waals surface area contributed by atoms with Gasteiger partial charge in [0.25, 0.3) is 5.56 Å². The summed E-state index contributed by atoms with van der Waals surface area (Å²) in [6.07, 6.45) is 4.04. The van der Waals surface area contributed by atoms with Crippen LogP contribution in [0.1, 0.15) is 18.4 Å². The van der Waals surface area contributed by atoms with E-state index in [1.807, 2.05) is 6.07 Å². The predicted octanol–water partition coefficient (Wildman–Crippen LogP) is 2.09. The number of sulfone groups is 1. The van der Waals surface area contributed by atoms with Gasteiger partial charge in [-0.2, -0.15) is 0 Å². The van der Waals surface area contributed by atoms with Crippen LogP contribution in [0.4, 0.5) is 0 Å². The summed E-state index contributed by atoms with van der Waals surface area (Å²) in [6, 6.07) is 8.70. The molecule has 0 saturated heterocycles. The first-order chi connectivity index (χ1) is 11.4. The van der Waals surface area contributed by atoms with Crippen molar-refractivity contribution in [3.63, 3.8) is 0 Å². The molecule has 0 aliphatic heterocycles. The van der Waals surface area contributed by atoms with Gasteiger partial charge in [0, 0.05) is 24.4 Å². The van der Waals surface area contributed by atoms with Crippen molar-refractivity contribution in [1.29, 1.82) is 0 Å². The second-order valence-corrected chi connectivity index (χ2v) is 8.44. The van der Waals surface area contributed by atoms with Gasteiger partial charge in [0.2, 0.25) is 0 Å². The van der Waals surface area contributed by atoms with E-state index in [1.54, 1.807) is 44.4 Å². The van der Waals surface area contributed by atoms with Crippen molar-refractivity contribution < 1.29 is 8.42 Å². The molecule has 1 aliphatic carbocycles. The molecule has 0 spiro atoms. The molecule has 1 aromatic heterocycles. The third-order valence-corrected chi connectivity index (χ3v) is 5.93. The maximum Gasteiger partial charge on any atom is 0.253 e. The Hall–Kier alpha value is -1.92. The molecule has 2 aromatic rings. The molecule has 1 aliphatic rings. The van der Waals surface area contributed by atoms with Crippen LogP contribution in [0.15, 0.2) is 46.2 Å². The summed E-state index contributed by atoms with van der Waals surface area (Å²) in [4.78, 5) is 12.2. The number of nitrogens with one attached hydrogen (secondary N) is 1. The summed E-state index contributed by atoms with van der Waals surface area (Å²) < 4.78 is 27.0. The molecule has 6 heteroatoms. The lowest BCUT2D eigenvalue weighted by Crippen LogP contribution is -2.25. The van der Waals surface area contributed by atoms with Gasteiger partial charge in [-0.05, 0) is 49.9 Å². The summed E-state index contributed by atoms with van der Waals surface area (Å²) >= 11 is 0. The highest BCUT2D eigenvalue weighted by Crippen LogP contribution is 2.29. The Morgan fingerprint density at radius 3 is 2.62 bits per heavy atom. The summed E-state index contributed by atoms with van der Waals surface area (Å²) in [5.74, 6) is 0.562. The minimum atomic E-state index is -3.44. The molecule has 24 heavy (non-hydrogen) atoms. The lowest BCUT2D eigenvalue weighted by molar-refractivity contribution is 0.583. The van der Waals surface area contributed by atoms with Crippen LogP contribution < -0.4 is 10.9 Å². The topological polar surface area (TPSA) is 68.2 Å². The van der Waals surface area contributed by atoms with Gasteiger partial charge in [-0.15, -0.1) is 0 Å². The Balaban J connectivity index is 1.96. The Labute approximate surface area is 142 Å². The van der Waals surface area contributed by atoms with Gasteiger partial charge in [0.05, 0.1) is 4.90 Å². The zero-order valence-electron chi connectivity index (χ0n) is 14.0. The van der Waals surface area contributed by atoms with Gasteiger partial charge in [0.15, 0.2) is 9.84 Å². The molecule has 0 radical (unpaired) electrons. The van der Waals surface area contributed by atoms with Crippen molar-refractivity contribution in [2.45, 2.75) is 24.7 Å². The monoisotopic (exact) mass is 346 g/mol. The Morgan fingerprint density at radius 1 is 1.25 bits per heavy atom. The fourth-order valence-electron chi connectivity index (χ4n) is 2.80. The number of nitrogens with zero attached hydrogens (tertiary/aromatic N) is 1. The number of pyridine rings is 1. The lowest BCUT2D eigenvalue weighted by Gasteiger charge is -2.13. The van der Waals surface area contributed by atoms with Gasteiger partial charge in [-0.25, -0.2) is 8.42 Å². The first-order valence-electron chi connectivity index (χ1n) is 8.08. The maximum atomic E-state index is 12.7. The van der Waals surface area contributed by atoms with E-state index < -0.39 is 9.84 Å². The van der Waals surface area contributed by atoms with E-state index in [4.69, 9.17) is 0 Å². The minimum Gasteiger partial charge on any atom is -0.318 e. The van der Waals surface area contributed by atoms with Crippen molar-refractivity contribution >= 4 is 9.84 Å². The van der Waals surface area contributed by atoms with Crippen LogP contribution in [0.3, 0.4) is 0 Å². The quantitative estimate of drug-likeness (QED) is 0.870. The number of benzene rings is 1. The molecule has 0 unspecified atom stereocenters. The van der Waals surface area contributed by atoms with E-state index in [0.717, 1.165) is 12.1 Å². The Kier molecular flexibility index (Phi) is 4.60. The third kappa shape index (κ3) is 3.60. The van der Waals surface area contributed by atoms with Crippen LogP contribution >= 0.6 is 0 Å². The third-order valence-electron chi connectivity index (χ3n) is 4.32. The number of aryl methyl sites for hydroxylation is 2. The summed E-state index contributed by atoms with van der Waals surface area (Å²) in [7, 11) is -1.77. The van der Waals surface area contributed by atoms with E-state index in [1.165, 1.54) is 17.4 Å². The maximum absolute atomic E-state index is 12.7. The van der Waals surface area contributed by atoms with Crippen LogP contribution in [0, 0.1) is 12.8 Å². The average molecular weight is 346 g/mol. The van der Waals surface area contributed by atoms with Crippen molar-refractivity contribution in [3.8, 4) is 11.1 Å². The number of hydrogen-bond donors (Lipinski definition) is 1. The van der Waals surface area contributed by atoms with Crippen LogP contribution in [0.5, 0.6) is 0 Å². The van der Waals surface area contributed by atoms with Crippen molar-refractivity contribution in [2.24, 2.45) is 13.0 Å². The molecule has 1 heterocycles. The number of aromatic nitrogens is 1. The fourth-order valence-corrected chi connectivity index (χ4v) is 4.15. The summed E-state index contributed by atoms with van der Waals surface area (Å²) in [6.45, 7) is 2.49. The molecule has 1 aromatic carbocycles. The summed E-state index contributed by atoms with van der Waals surface area (Å²) in [5.41, 5.74) is 1.87. The predicted molar refractivity (Wildman–Crippen MR) is 94.6 cm³/mol.